The molecule has 1 aromatic carbocycles. The standard InChI is InChI=1S/C16H25N3/c1-18-10-8-16(12-17,13-18)19-9-4-7-14-5-2-3-6-15(14)11-19/h2-3,5-6H,4,7-13,17H2,1H3. The van der Waals surface area contributed by atoms with Gasteiger partial charge < -0.3 is 10.6 Å². The molecule has 1 unspecified atom stereocenters. The van der Waals surface area contributed by atoms with Gasteiger partial charge in [-0.1, -0.05) is 24.3 Å². The second kappa shape index (κ2) is 5.23. The minimum absolute atomic E-state index is 0.201. The van der Waals surface area contributed by atoms with Crippen molar-refractivity contribution in [2.45, 2.75) is 31.3 Å². The molecule has 1 atom stereocenters. The monoisotopic (exact) mass is 259 g/mol. The molecular formula is C16H25N3. The van der Waals surface area contributed by atoms with Crippen LogP contribution in [0.5, 0.6) is 0 Å². The Balaban J connectivity index is 1.85. The van der Waals surface area contributed by atoms with E-state index in [1.807, 2.05) is 0 Å². The average Bonchev–Trinajstić information content (AvgIpc) is 2.69. The fourth-order valence-corrected chi connectivity index (χ4v) is 3.72. The lowest BCUT2D eigenvalue weighted by Crippen LogP contribution is -2.55. The molecule has 104 valence electrons. The third-order valence-electron chi connectivity index (χ3n) is 4.93. The van der Waals surface area contributed by atoms with E-state index in [4.69, 9.17) is 5.73 Å². The molecule has 0 spiro atoms. The summed E-state index contributed by atoms with van der Waals surface area (Å²) in [4.78, 5) is 5.08. The molecule has 2 heterocycles. The number of fused-ring (bicyclic) bond motifs is 1. The fourth-order valence-electron chi connectivity index (χ4n) is 3.72. The lowest BCUT2D eigenvalue weighted by Gasteiger charge is -2.40. The number of hydrogen-bond donors (Lipinski definition) is 1. The highest BCUT2D eigenvalue weighted by atomic mass is 15.3. The molecule has 3 nitrogen and oxygen atoms in total. The van der Waals surface area contributed by atoms with E-state index >= 15 is 0 Å². The highest BCUT2D eigenvalue weighted by Crippen LogP contribution is 2.30. The molecule has 2 aliphatic rings. The van der Waals surface area contributed by atoms with Crippen LogP contribution in [0.1, 0.15) is 24.0 Å². The normalized spacial score (nSPS) is 29.2. The van der Waals surface area contributed by atoms with Crippen LogP contribution in [0, 0.1) is 0 Å². The molecule has 1 saturated heterocycles. The minimum atomic E-state index is 0.201. The minimum Gasteiger partial charge on any atom is -0.329 e. The van der Waals surface area contributed by atoms with Crippen molar-refractivity contribution in [2.75, 3.05) is 33.2 Å². The summed E-state index contributed by atoms with van der Waals surface area (Å²) in [6, 6.07) is 8.90. The van der Waals surface area contributed by atoms with Crippen LogP contribution in [0.4, 0.5) is 0 Å². The van der Waals surface area contributed by atoms with Crippen molar-refractivity contribution in [3.63, 3.8) is 0 Å². The summed E-state index contributed by atoms with van der Waals surface area (Å²) in [6.07, 6.45) is 3.67. The van der Waals surface area contributed by atoms with Crippen molar-refractivity contribution >= 4 is 0 Å². The van der Waals surface area contributed by atoms with Gasteiger partial charge in [-0.2, -0.15) is 0 Å². The van der Waals surface area contributed by atoms with Gasteiger partial charge >= 0.3 is 0 Å². The zero-order chi connectivity index (χ0) is 13.3. The maximum absolute atomic E-state index is 6.16. The first kappa shape index (κ1) is 13.1. The van der Waals surface area contributed by atoms with Crippen LogP contribution < -0.4 is 5.73 Å². The smallest absolute Gasteiger partial charge is 0.0473 e. The average molecular weight is 259 g/mol. The van der Waals surface area contributed by atoms with Gasteiger partial charge in [0.15, 0.2) is 0 Å². The second-order valence-electron chi connectivity index (χ2n) is 6.21. The summed E-state index contributed by atoms with van der Waals surface area (Å²) in [5, 5.41) is 0. The first-order chi connectivity index (χ1) is 9.23. The van der Waals surface area contributed by atoms with Gasteiger partial charge in [0.05, 0.1) is 0 Å². The van der Waals surface area contributed by atoms with E-state index in [1.165, 1.54) is 43.5 Å². The van der Waals surface area contributed by atoms with Crippen molar-refractivity contribution in [1.29, 1.82) is 0 Å². The van der Waals surface area contributed by atoms with Crippen LogP contribution in [0.2, 0.25) is 0 Å². The van der Waals surface area contributed by atoms with Gasteiger partial charge in [0.25, 0.3) is 0 Å². The van der Waals surface area contributed by atoms with Crippen LogP contribution in [0.3, 0.4) is 0 Å². The summed E-state index contributed by atoms with van der Waals surface area (Å²) in [5.74, 6) is 0. The van der Waals surface area contributed by atoms with Crippen molar-refractivity contribution in [3.05, 3.63) is 35.4 Å². The molecule has 0 saturated carbocycles. The van der Waals surface area contributed by atoms with E-state index in [2.05, 4.69) is 41.1 Å². The molecule has 0 aliphatic carbocycles. The molecular weight excluding hydrogens is 234 g/mol. The summed E-state index contributed by atoms with van der Waals surface area (Å²) in [7, 11) is 2.21. The summed E-state index contributed by atoms with van der Waals surface area (Å²) < 4.78 is 0. The van der Waals surface area contributed by atoms with Crippen LogP contribution in [0.15, 0.2) is 24.3 Å². The molecule has 2 aliphatic heterocycles. The highest BCUT2D eigenvalue weighted by molar-refractivity contribution is 5.28. The van der Waals surface area contributed by atoms with E-state index < -0.39 is 0 Å². The predicted octanol–water partition coefficient (Wildman–Crippen LogP) is 1.47. The van der Waals surface area contributed by atoms with Crippen LogP contribution in [-0.2, 0) is 13.0 Å². The van der Waals surface area contributed by atoms with E-state index in [-0.39, 0.29) is 5.54 Å². The molecule has 0 bridgehead atoms. The first-order valence-electron chi connectivity index (χ1n) is 7.44. The lowest BCUT2D eigenvalue weighted by molar-refractivity contribution is 0.0948. The third kappa shape index (κ3) is 2.42. The fraction of sp³-hybridized carbons (Fsp3) is 0.625. The number of rotatable bonds is 2. The molecule has 1 fully saturated rings. The summed E-state index contributed by atoms with van der Waals surface area (Å²) in [5.41, 5.74) is 9.40. The topological polar surface area (TPSA) is 32.5 Å². The van der Waals surface area contributed by atoms with Gasteiger partial charge in [0.2, 0.25) is 0 Å². The van der Waals surface area contributed by atoms with Gasteiger partial charge in [-0.25, -0.2) is 0 Å². The van der Waals surface area contributed by atoms with E-state index in [9.17, 15) is 0 Å². The molecule has 3 heteroatoms. The Morgan fingerprint density at radius 1 is 1.21 bits per heavy atom. The Labute approximate surface area is 116 Å². The Bertz CT molecular complexity index is 445. The summed E-state index contributed by atoms with van der Waals surface area (Å²) in [6.45, 7) is 5.32. The van der Waals surface area contributed by atoms with Gasteiger partial charge in [-0.3, -0.25) is 4.90 Å². The number of hydrogen-bond acceptors (Lipinski definition) is 3. The number of benzene rings is 1. The van der Waals surface area contributed by atoms with Crippen molar-refractivity contribution < 1.29 is 0 Å². The second-order valence-corrected chi connectivity index (χ2v) is 6.21. The zero-order valence-electron chi connectivity index (χ0n) is 11.9. The molecule has 2 N–H and O–H groups in total. The Kier molecular flexibility index (Phi) is 3.61. The predicted molar refractivity (Wildman–Crippen MR) is 79.1 cm³/mol. The number of nitrogens with zero attached hydrogens (tertiary/aromatic N) is 2. The Morgan fingerprint density at radius 2 is 2.00 bits per heavy atom. The molecule has 19 heavy (non-hydrogen) atoms. The van der Waals surface area contributed by atoms with Gasteiger partial charge in [-0.15, -0.1) is 0 Å². The quantitative estimate of drug-likeness (QED) is 0.873. The SMILES string of the molecule is CN1CCC(CN)(N2CCCc3ccccc3C2)C1. The number of aryl methyl sites for hydroxylation is 1. The van der Waals surface area contributed by atoms with Gasteiger partial charge in [-0.05, 0) is 50.5 Å². The molecule has 0 aromatic heterocycles. The molecule has 0 amide bonds. The Morgan fingerprint density at radius 3 is 2.68 bits per heavy atom. The lowest BCUT2D eigenvalue weighted by atomic mass is 9.95. The Hall–Kier alpha value is -0.900. The molecule has 0 radical (unpaired) electrons. The number of likely N-dealkylation sites (tertiary alicyclic amines) is 1. The van der Waals surface area contributed by atoms with Crippen molar-refractivity contribution in [1.82, 2.24) is 9.80 Å². The third-order valence-corrected chi connectivity index (χ3v) is 4.93. The van der Waals surface area contributed by atoms with Gasteiger partial charge in [0, 0.05) is 25.2 Å². The van der Waals surface area contributed by atoms with E-state index in [1.54, 1.807) is 0 Å². The van der Waals surface area contributed by atoms with E-state index in [0.717, 1.165) is 19.6 Å². The molecule has 1 aromatic rings. The maximum Gasteiger partial charge on any atom is 0.0473 e. The van der Waals surface area contributed by atoms with Crippen LogP contribution in [0.25, 0.3) is 0 Å². The van der Waals surface area contributed by atoms with Crippen molar-refractivity contribution in [2.24, 2.45) is 5.73 Å². The summed E-state index contributed by atoms with van der Waals surface area (Å²) >= 11 is 0. The number of likely N-dealkylation sites (N-methyl/N-ethyl adjacent to an activating group) is 1. The zero-order valence-corrected chi connectivity index (χ0v) is 11.9. The van der Waals surface area contributed by atoms with E-state index in [0.29, 0.717) is 0 Å². The maximum atomic E-state index is 6.16. The van der Waals surface area contributed by atoms with Crippen molar-refractivity contribution in [3.8, 4) is 0 Å². The van der Waals surface area contributed by atoms with Crippen LogP contribution in [-0.4, -0.2) is 48.6 Å². The first-order valence-corrected chi connectivity index (χ1v) is 7.44. The van der Waals surface area contributed by atoms with Gasteiger partial charge in [0.1, 0.15) is 0 Å². The van der Waals surface area contributed by atoms with Crippen LogP contribution >= 0.6 is 0 Å². The highest BCUT2D eigenvalue weighted by Gasteiger charge is 2.41. The number of nitrogens with two attached hydrogens (primary N) is 1. The molecule has 3 rings (SSSR count). The largest absolute Gasteiger partial charge is 0.329 e.